The molecule has 0 spiro atoms. The van der Waals surface area contributed by atoms with E-state index < -0.39 is 5.82 Å². The van der Waals surface area contributed by atoms with Gasteiger partial charge in [0.15, 0.2) is 11.0 Å². The number of nitrogens with zero attached hydrogens (tertiary/aromatic N) is 3. The Morgan fingerprint density at radius 2 is 2.03 bits per heavy atom. The number of nitrogens with one attached hydrogen (secondary N) is 1. The zero-order valence-corrected chi connectivity index (χ0v) is 17.6. The van der Waals surface area contributed by atoms with Gasteiger partial charge in [-0.25, -0.2) is 4.39 Å². The van der Waals surface area contributed by atoms with Gasteiger partial charge in [-0.05, 0) is 37.1 Å². The molecule has 2 aromatic carbocycles. The average molecular weight is 447 g/mol. The second-order valence-electron chi connectivity index (χ2n) is 6.80. The largest absolute Gasteiger partial charge is 0.376 e. The lowest BCUT2D eigenvalue weighted by molar-refractivity contribution is -0.119. The van der Waals surface area contributed by atoms with Crippen LogP contribution < -0.4 is 5.32 Å². The van der Waals surface area contributed by atoms with Gasteiger partial charge < -0.3 is 10.1 Å². The Morgan fingerprint density at radius 3 is 2.80 bits per heavy atom. The summed E-state index contributed by atoms with van der Waals surface area (Å²) in [5.41, 5.74) is 0.921. The highest BCUT2D eigenvalue weighted by molar-refractivity contribution is 7.99. The van der Waals surface area contributed by atoms with Gasteiger partial charge in [0.2, 0.25) is 5.91 Å². The Hall–Kier alpha value is -2.42. The molecule has 1 aliphatic heterocycles. The van der Waals surface area contributed by atoms with Crippen molar-refractivity contribution in [3.05, 3.63) is 59.4 Å². The number of carbonyl (C=O) groups excluding carboxylic acids is 1. The molecule has 4 rings (SSSR count). The molecule has 30 heavy (non-hydrogen) atoms. The number of thioether (sulfide) groups is 1. The Morgan fingerprint density at radius 1 is 1.23 bits per heavy atom. The quantitative estimate of drug-likeness (QED) is 0.553. The third-order valence-electron chi connectivity index (χ3n) is 4.72. The van der Waals surface area contributed by atoms with Gasteiger partial charge >= 0.3 is 0 Å². The molecule has 1 atom stereocenters. The van der Waals surface area contributed by atoms with Crippen LogP contribution in [0.4, 0.5) is 4.39 Å². The van der Waals surface area contributed by atoms with E-state index in [0.29, 0.717) is 33.8 Å². The van der Waals surface area contributed by atoms with Gasteiger partial charge in [-0.2, -0.15) is 0 Å². The molecule has 1 N–H and O–H groups in total. The molecule has 1 amide bonds. The first-order chi connectivity index (χ1) is 14.6. The number of carbonyl (C=O) groups is 1. The maximum atomic E-state index is 14.6. The highest BCUT2D eigenvalue weighted by Crippen LogP contribution is 2.32. The van der Waals surface area contributed by atoms with Crippen molar-refractivity contribution in [2.24, 2.45) is 0 Å². The number of halogens is 2. The van der Waals surface area contributed by atoms with Crippen LogP contribution in [0.1, 0.15) is 12.8 Å². The summed E-state index contributed by atoms with van der Waals surface area (Å²) in [6.07, 6.45) is 2.05. The summed E-state index contributed by atoms with van der Waals surface area (Å²) >= 11 is 7.53. The maximum absolute atomic E-state index is 14.6. The number of para-hydroxylation sites is 1. The minimum Gasteiger partial charge on any atom is -0.376 e. The molecule has 1 saturated heterocycles. The van der Waals surface area contributed by atoms with Crippen molar-refractivity contribution in [2.75, 3.05) is 18.9 Å². The average Bonchev–Trinajstić information content (AvgIpc) is 3.41. The Labute approximate surface area is 182 Å². The van der Waals surface area contributed by atoms with E-state index in [1.165, 1.54) is 17.8 Å². The number of rotatable bonds is 7. The zero-order chi connectivity index (χ0) is 20.9. The summed E-state index contributed by atoms with van der Waals surface area (Å²) in [6, 6.07) is 13.5. The smallest absolute Gasteiger partial charge is 0.230 e. The minimum atomic E-state index is -0.421. The van der Waals surface area contributed by atoms with Crippen molar-refractivity contribution in [2.45, 2.75) is 24.1 Å². The highest BCUT2D eigenvalue weighted by atomic mass is 35.5. The predicted octanol–water partition coefficient (Wildman–Crippen LogP) is 4.11. The molecule has 0 saturated carbocycles. The van der Waals surface area contributed by atoms with Crippen LogP contribution in [0.2, 0.25) is 5.02 Å². The van der Waals surface area contributed by atoms with Crippen molar-refractivity contribution < 1.29 is 13.9 Å². The van der Waals surface area contributed by atoms with E-state index in [2.05, 4.69) is 15.5 Å². The van der Waals surface area contributed by atoms with Crippen molar-refractivity contribution in [1.29, 1.82) is 0 Å². The first-order valence-electron chi connectivity index (χ1n) is 9.60. The van der Waals surface area contributed by atoms with Crippen LogP contribution in [-0.4, -0.2) is 45.7 Å². The van der Waals surface area contributed by atoms with E-state index in [9.17, 15) is 9.18 Å². The van der Waals surface area contributed by atoms with Gasteiger partial charge in [-0.3, -0.25) is 9.36 Å². The molecule has 0 radical (unpaired) electrons. The molecule has 1 aromatic heterocycles. The monoisotopic (exact) mass is 446 g/mol. The molecule has 6 nitrogen and oxygen atoms in total. The molecule has 3 aromatic rings. The fourth-order valence-electron chi connectivity index (χ4n) is 3.24. The van der Waals surface area contributed by atoms with Crippen LogP contribution in [0.3, 0.4) is 0 Å². The molecule has 1 aliphatic rings. The summed E-state index contributed by atoms with van der Waals surface area (Å²) in [5.74, 6) is -0.0249. The summed E-state index contributed by atoms with van der Waals surface area (Å²) in [7, 11) is 0. The van der Waals surface area contributed by atoms with Crippen LogP contribution in [0.5, 0.6) is 0 Å². The fraction of sp³-hybridized carbons (Fsp3) is 0.286. The summed E-state index contributed by atoms with van der Waals surface area (Å²) in [5, 5.41) is 12.2. The van der Waals surface area contributed by atoms with Gasteiger partial charge in [-0.1, -0.05) is 47.6 Å². The van der Waals surface area contributed by atoms with E-state index in [1.54, 1.807) is 34.9 Å². The van der Waals surface area contributed by atoms with Crippen molar-refractivity contribution in [1.82, 2.24) is 20.1 Å². The number of hydrogen-bond acceptors (Lipinski definition) is 5. The lowest BCUT2D eigenvalue weighted by Crippen LogP contribution is -2.32. The van der Waals surface area contributed by atoms with Crippen LogP contribution in [0.15, 0.2) is 53.7 Å². The topological polar surface area (TPSA) is 69.0 Å². The molecular formula is C21H20ClFN4O2S. The second kappa shape index (κ2) is 9.59. The SMILES string of the molecule is O=C(CSc1nnc(-c2ccccc2Cl)n1-c1ccccc1F)NC[C@H]1CCCO1. The minimum absolute atomic E-state index is 0.0767. The third-order valence-corrected chi connectivity index (χ3v) is 5.98. The lowest BCUT2D eigenvalue weighted by Gasteiger charge is -2.13. The molecule has 0 unspecified atom stereocenters. The summed E-state index contributed by atoms with van der Waals surface area (Å²) in [6.45, 7) is 1.23. The van der Waals surface area contributed by atoms with Crippen LogP contribution >= 0.6 is 23.4 Å². The Balaban J connectivity index is 1.58. The standard InChI is InChI=1S/C21H20ClFN4O2S/c22-16-8-2-1-7-15(16)20-25-26-21(27(20)18-10-4-3-9-17(18)23)30-13-19(28)24-12-14-6-5-11-29-14/h1-4,7-10,14H,5-6,11-13H2,(H,24,28)/t14-/m1/s1. The Kier molecular flexibility index (Phi) is 6.66. The van der Waals surface area contributed by atoms with Gasteiger partial charge in [0.05, 0.1) is 22.6 Å². The number of hydrogen-bond donors (Lipinski definition) is 1. The first-order valence-corrected chi connectivity index (χ1v) is 11.0. The fourth-order valence-corrected chi connectivity index (χ4v) is 4.24. The van der Waals surface area contributed by atoms with Crippen molar-refractivity contribution >= 4 is 29.3 Å². The van der Waals surface area contributed by atoms with E-state index in [1.807, 2.05) is 12.1 Å². The van der Waals surface area contributed by atoms with Gasteiger partial charge in [0.25, 0.3) is 0 Å². The van der Waals surface area contributed by atoms with Crippen LogP contribution in [0.25, 0.3) is 17.1 Å². The van der Waals surface area contributed by atoms with Gasteiger partial charge in [0.1, 0.15) is 5.82 Å². The zero-order valence-electron chi connectivity index (χ0n) is 16.1. The molecule has 1 fully saturated rings. The molecular weight excluding hydrogens is 427 g/mol. The first kappa shape index (κ1) is 20.8. The molecule has 156 valence electrons. The third kappa shape index (κ3) is 4.66. The molecule has 2 heterocycles. The van der Waals surface area contributed by atoms with E-state index in [4.69, 9.17) is 16.3 Å². The van der Waals surface area contributed by atoms with Gasteiger partial charge in [0, 0.05) is 18.7 Å². The maximum Gasteiger partial charge on any atom is 0.230 e. The number of ether oxygens (including phenoxy) is 1. The number of benzene rings is 2. The lowest BCUT2D eigenvalue weighted by atomic mass is 10.2. The number of aromatic nitrogens is 3. The van der Waals surface area contributed by atoms with Crippen molar-refractivity contribution in [3.63, 3.8) is 0 Å². The molecule has 9 heteroatoms. The van der Waals surface area contributed by atoms with Crippen molar-refractivity contribution in [3.8, 4) is 17.1 Å². The highest BCUT2D eigenvalue weighted by Gasteiger charge is 2.21. The van der Waals surface area contributed by atoms with E-state index >= 15 is 0 Å². The second-order valence-corrected chi connectivity index (χ2v) is 8.15. The van der Waals surface area contributed by atoms with Crippen LogP contribution in [-0.2, 0) is 9.53 Å². The Bertz CT molecular complexity index is 1040. The summed E-state index contributed by atoms with van der Waals surface area (Å²) in [4.78, 5) is 12.3. The normalized spacial score (nSPS) is 16.0. The number of amides is 1. The summed E-state index contributed by atoms with van der Waals surface area (Å²) < 4.78 is 21.7. The van der Waals surface area contributed by atoms with E-state index in [0.717, 1.165) is 19.4 Å². The molecule has 0 bridgehead atoms. The van der Waals surface area contributed by atoms with Gasteiger partial charge in [-0.15, -0.1) is 10.2 Å². The predicted molar refractivity (Wildman–Crippen MR) is 114 cm³/mol. The van der Waals surface area contributed by atoms with Crippen LogP contribution in [0, 0.1) is 5.82 Å². The molecule has 0 aliphatic carbocycles. The van der Waals surface area contributed by atoms with E-state index in [-0.39, 0.29) is 17.8 Å².